The first-order valence-corrected chi connectivity index (χ1v) is 14.1. The van der Waals surface area contributed by atoms with Crippen LogP contribution in [0.15, 0.2) is 69.6 Å². The maximum Gasteiger partial charge on any atom is 0.163 e. The molecule has 0 unspecified atom stereocenters. The van der Waals surface area contributed by atoms with Gasteiger partial charge in [-0.25, -0.2) is 0 Å². The predicted molar refractivity (Wildman–Crippen MR) is 150 cm³/mol. The third kappa shape index (κ3) is 5.33. The van der Waals surface area contributed by atoms with Crippen LogP contribution in [0.1, 0.15) is 77.3 Å². The van der Waals surface area contributed by atoms with Crippen molar-refractivity contribution in [3.05, 3.63) is 80.7 Å². The summed E-state index contributed by atoms with van der Waals surface area (Å²) in [7, 11) is 0. The molecule has 0 amide bonds. The predicted octanol–water partition coefficient (Wildman–Crippen LogP) is 7.83. The Morgan fingerprint density at radius 3 is 1.95 bits per heavy atom. The molecule has 0 N–H and O–H groups in total. The molecule has 0 aromatic heterocycles. The topological polar surface area (TPSA) is 61.8 Å². The summed E-state index contributed by atoms with van der Waals surface area (Å²) in [4.78, 5) is 27.1. The van der Waals surface area contributed by atoms with Crippen LogP contribution in [0.25, 0.3) is 0 Å². The summed E-state index contributed by atoms with van der Waals surface area (Å²) in [5, 5.41) is 0. The van der Waals surface area contributed by atoms with Gasteiger partial charge in [-0.2, -0.15) is 0 Å². The number of hydrogen-bond acceptors (Lipinski definition) is 5. The van der Waals surface area contributed by atoms with E-state index in [0.29, 0.717) is 73.1 Å². The van der Waals surface area contributed by atoms with Crippen molar-refractivity contribution in [2.24, 2.45) is 10.8 Å². The second-order valence-corrected chi connectivity index (χ2v) is 13.1. The fraction of sp³-hybridized carbons (Fsp3) is 0.438. The Balaban J connectivity index is 1.56. The van der Waals surface area contributed by atoms with E-state index in [1.165, 1.54) is 0 Å². The second-order valence-electron chi connectivity index (χ2n) is 12.1. The molecule has 5 nitrogen and oxygen atoms in total. The van der Waals surface area contributed by atoms with E-state index in [0.717, 1.165) is 15.6 Å². The summed E-state index contributed by atoms with van der Waals surface area (Å²) in [6.07, 6.45) is 2.20. The lowest BCUT2D eigenvalue weighted by molar-refractivity contribution is -0.120. The molecule has 38 heavy (non-hydrogen) atoms. The van der Waals surface area contributed by atoms with Crippen molar-refractivity contribution < 1.29 is 23.8 Å². The highest BCUT2D eigenvalue weighted by molar-refractivity contribution is 9.10. The molecule has 0 fully saturated rings. The Morgan fingerprint density at radius 1 is 0.816 bits per heavy atom. The van der Waals surface area contributed by atoms with Crippen LogP contribution >= 0.6 is 15.9 Å². The number of allylic oxidation sites excluding steroid dienone is 4. The number of carbonyl (C=O) groups is 2. The average molecular weight is 580 g/mol. The minimum Gasteiger partial charge on any atom is -0.490 e. The van der Waals surface area contributed by atoms with Crippen LogP contribution in [0.5, 0.6) is 11.5 Å². The number of rotatable bonds is 6. The van der Waals surface area contributed by atoms with Gasteiger partial charge in [0.15, 0.2) is 23.1 Å². The van der Waals surface area contributed by atoms with Gasteiger partial charge in [0.2, 0.25) is 0 Å². The summed E-state index contributed by atoms with van der Waals surface area (Å²) in [6.45, 7) is 11.2. The maximum absolute atomic E-state index is 13.6. The van der Waals surface area contributed by atoms with E-state index in [9.17, 15) is 9.59 Å². The summed E-state index contributed by atoms with van der Waals surface area (Å²) in [5.74, 6) is 2.31. The zero-order valence-electron chi connectivity index (χ0n) is 22.8. The Hall–Kier alpha value is -2.86. The molecule has 0 saturated heterocycles. The first-order valence-electron chi connectivity index (χ1n) is 13.3. The molecule has 2 aromatic rings. The highest BCUT2D eigenvalue weighted by atomic mass is 79.9. The van der Waals surface area contributed by atoms with Gasteiger partial charge in [0, 0.05) is 47.2 Å². The van der Waals surface area contributed by atoms with E-state index in [1.807, 2.05) is 49.4 Å². The molecule has 0 bridgehead atoms. The van der Waals surface area contributed by atoms with E-state index in [4.69, 9.17) is 14.2 Å². The molecule has 6 heteroatoms. The fourth-order valence-electron chi connectivity index (χ4n) is 5.84. The lowest BCUT2D eigenvalue weighted by Crippen LogP contribution is -2.37. The molecule has 0 saturated carbocycles. The molecule has 2 aliphatic carbocycles. The molecule has 1 aliphatic heterocycles. The quantitative estimate of drug-likeness (QED) is 0.349. The number of Topliss-reactive ketones (excluding diaryl/α,β-unsaturated/α-hetero) is 2. The molecule has 1 heterocycles. The van der Waals surface area contributed by atoms with E-state index >= 15 is 0 Å². The van der Waals surface area contributed by atoms with Gasteiger partial charge in [0.25, 0.3) is 0 Å². The van der Waals surface area contributed by atoms with Crippen LogP contribution in [0.2, 0.25) is 0 Å². The average Bonchev–Trinajstić information content (AvgIpc) is 2.81. The van der Waals surface area contributed by atoms with Gasteiger partial charge in [-0.15, -0.1) is 0 Å². The highest BCUT2D eigenvalue weighted by Gasteiger charge is 2.47. The smallest absolute Gasteiger partial charge is 0.163 e. The molecule has 0 radical (unpaired) electrons. The molecular weight excluding hydrogens is 544 g/mol. The number of ketones is 2. The number of benzene rings is 2. The van der Waals surface area contributed by atoms with Gasteiger partial charge in [-0.1, -0.05) is 61.8 Å². The van der Waals surface area contributed by atoms with Crippen molar-refractivity contribution in [1.29, 1.82) is 0 Å². The third-order valence-electron chi connectivity index (χ3n) is 7.49. The molecule has 0 atom stereocenters. The van der Waals surface area contributed by atoms with Crippen molar-refractivity contribution in [3.63, 3.8) is 0 Å². The van der Waals surface area contributed by atoms with Crippen LogP contribution in [0, 0.1) is 10.8 Å². The molecule has 200 valence electrons. The van der Waals surface area contributed by atoms with Gasteiger partial charge in [0.1, 0.15) is 18.1 Å². The molecule has 3 aliphatic rings. The Kier molecular flexibility index (Phi) is 7.06. The second kappa shape index (κ2) is 10.0. The summed E-state index contributed by atoms with van der Waals surface area (Å²) >= 11 is 3.46. The van der Waals surface area contributed by atoms with Gasteiger partial charge >= 0.3 is 0 Å². The zero-order chi connectivity index (χ0) is 27.2. The number of ether oxygens (including phenoxy) is 3. The summed E-state index contributed by atoms with van der Waals surface area (Å²) < 4.78 is 19.6. The lowest BCUT2D eigenvalue weighted by Gasteiger charge is -2.42. The first-order chi connectivity index (χ1) is 18.0. The number of carbonyl (C=O) groups excluding carboxylic acids is 2. The van der Waals surface area contributed by atoms with Crippen molar-refractivity contribution >= 4 is 27.5 Å². The monoisotopic (exact) mass is 578 g/mol. The van der Waals surface area contributed by atoms with Crippen molar-refractivity contribution in [2.45, 2.75) is 72.8 Å². The Labute approximate surface area is 233 Å². The van der Waals surface area contributed by atoms with Crippen LogP contribution < -0.4 is 9.47 Å². The number of halogens is 1. The summed E-state index contributed by atoms with van der Waals surface area (Å²) in [6, 6.07) is 13.8. The largest absolute Gasteiger partial charge is 0.490 e. The molecule has 2 aromatic carbocycles. The highest BCUT2D eigenvalue weighted by Crippen LogP contribution is 2.53. The zero-order valence-corrected chi connectivity index (χ0v) is 24.4. The van der Waals surface area contributed by atoms with E-state index in [1.54, 1.807) is 0 Å². The minimum absolute atomic E-state index is 0.0546. The van der Waals surface area contributed by atoms with Crippen LogP contribution in [-0.4, -0.2) is 18.2 Å². The van der Waals surface area contributed by atoms with Gasteiger partial charge < -0.3 is 14.2 Å². The van der Waals surface area contributed by atoms with Crippen molar-refractivity contribution in [1.82, 2.24) is 0 Å². The SMILES string of the molecule is CCOc1cc(C2C3=C(CC(C)(C)CC3=O)OC3=C2C(=O)CC(C)(C)C3)ccc1OCc1ccc(Br)cc1. The standard InChI is InChI=1S/C32H35BrO5/c1-6-36-25-13-20(9-12-24(25)37-18-19-7-10-21(33)11-8-19)28-29-22(34)14-31(2,3)16-26(29)38-27-17-32(4,5)15-23(35)30(27)28/h7-13,28H,6,14-18H2,1-5H3. The lowest BCUT2D eigenvalue weighted by atomic mass is 9.65. The van der Waals surface area contributed by atoms with Crippen LogP contribution in [-0.2, 0) is 20.9 Å². The Morgan fingerprint density at radius 2 is 1.39 bits per heavy atom. The van der Waals surface area contributed by atoms with Crippen LogP contribution in [0.3, 0.4) is 0 Å². The van der Waals surface area contributed by atoms with Crippen molar-refractivity contribution in [3.8, 4) is 11.5 Å². The van der Waals surface area contributed by atoms with Gasteiger partial charge in [0.05, 0.1) is 6.61 Å². The fourth-order valence-corrected chi connectivity index (χ4v) is 6.11. The third-order valence-corrected chi connectivity index (χ3v) is 8.02. The van der Waals surface area contributed by atoms with E-state index in [-0.39, 0.29) is 22.4 Å². The minimum atomic E-state index is -0.458. The van der Waals surface area contributed by atoms with Gasteiger partial charge in [-0.3, -0.25) is 9.59 Å². The van der Waals surface area contributed by atoms with E-state index in [2.05, 4.69) is 43.6 Å². The van der Waals surface area contributed by atoms with Gasteiger partial charge in [-0.05, 0) is 53.1 Å². The van der Waals surface area contributed by atoms with Crippen molar-refractivity contribution in [2.75, 3.05) is 6.61 Å². The molecular formula is C32H35BrO5. The maximum atomic E-state index is 13.6. The molecule has 5 rings (SSSR count). The van der Waals surface area contributed by atoms with E-state index < -0.39 is 5.92 Å². The first kappa shape index (κ1) is 26.7. The molecule has 0 spiro atoms. The Bertz CT molecular complexity index is 1290. The normalized spacial score (nSPS) is 20.6. The number of hydrogen-bond donors (Lipinski definition) is 0. The summed E-state index contributed by atoms with van der Waals surface area (Å²) in [5.41, 5.74) is 2.78. The van der Waals surface area contributed by atoms with Crippen LogP contribution in [0.4, 0.5) is 0 Å².